The first kappa shape index (κ1) is 12.6. The van der Waals surface area contributed by atoms with Crippen molar-refractivity contribution in [2.45, 2.75) is 20.0 Å². The van der Waals surface area contributed by atoms with E-state index in [1.807, 2.05) is 38.1 Å². The molecule has 0 aliphatic carbocycles. The quantitative estimate of drug-likeness (QED) is 0.920. The molecular weight excluding hydrogens is 248 g/mol. The lowest BCUT2D eigenvalue weighted by Gasteiger charge is -2.14. The van der Waals surface area contributed by atoms with E-state index < -0.39 is 0 Å². The van der Waals surface area contributed by atoms with Crippen LogP contribution in [0.4, 0.5) is 5.69 Å². The lowest BCUT2D eigenvalue weighted by atomic mass is 10.3. The summed E-state index contributed by atoms with van der Waals surface area (Å²) in [6, 6.07) is 7.36. The minimum absolute atomic E-state index is 0.0583. The van der Waals surface area contributed by atoms with Crippen LogP contribution in [0.1, 0.15) is 23.6 Å². The second kappa shape index (κ2) is 5.64. The smallest absolute Gasteiger partial charge is 0.284 e. The first-order chi connectivity index (χ1) is 8.66. The monoisotopic (exact) mass is 262 g/mol. The number of rotatable bonds is 4. The van der Waals surface area contributed by atoms with Crippen LogP contribution in [0.3, 0.4) is 0 Å². The molecule has 0 spiro atoms. The van der Waals surface area contributed by atoms with Crippen LogP contribution in [-0.4, -0.2) is 17.0 Å². The van der Waals surface area contributed by atoms with Gasteiger partial charge in [0.2, 0.25) is 0 Å². The fraction of sp³-hybridized carbons (Fsp3) is 0.231. The number of aromatic nitrogens is 1. The number of carbonyl (C=O) groups is 1. The molecule has 0 atom stereocenters. The number of hydrogen-bond donors (Lipinski definition) is 1. The molecule has 0 saturated heterocycles. The molecule has 0 unspecified atom stereocenters. The summed E-state index contributed by atoms with van der Waals surface area (Å²) in [6.07, 6.45) is 1.67. The summed E-state index contributed by atoms with van der Waals surface area (Å²) in [4.78, 5) is 15.9. The van der Waals surface area contributed by atoms with Gasteiger partial charge in [-0.25, -0.2) is 4.98 Å². The highest BCUT2D eigenvalue weighted by atomic mass is 32.1. The Morgan fingerprint density at radius 1 is 1.39 bits per heavy atom. The largest absolute Gasteiger partial charge is 0.489 e. The van der Waals surface area contributed by atoms with Gasteiger partial charge in [-0.2, -0.15) is 0 Å². The van der Waals surface area contributed by atoms with Crippen molar-refractivity contribution in [3.63, 3.8) is 0 Å². The summed E-state index contributed by atoms with van der Waals surface area (Å²) >= 11 is 1.31. The molecule has 2 rings (SSSR count). The fourth-order valence-electron chi connectivity index (χ4n) is 1.44. The van der Waals surface area contributed by atoms with E-state index >= 15 is 0 Å². The van der Waals surface area contributed by atoms with E-state index in [0.29, 0.717) is 16.4 Å². The van der Waals surface area contributed by atoms with Crippen molar-refractivity contribution in [1.29, 1.82) is 0 Å². The second-order valence-electron chi connectivity index (χ2n) is 3.95. The number of benzene rings is 1. The number of thiazole rings is 1. The van der Waals surface area contributed by atoms with Gasteiger partial charge in [0.05, 0.1) is 11.8 Å². The van der Waals surface area contributed by atoms with Crippen molar-refractivity contribution < 1.29 is 9.53 Å². The Morgan fingerprint density at radius 3 is 2.83 bits per heavy atom. The molecule has 1 aromatic heterocycles. The molecule has 1 aromatic carbocycles. The van der Waals surface area contributed by atoms with E-state index in [9.17, 15) is 4.79 Å². The Hall–Kier alpha value is -1.88. The summed E-state index contributed by atoms with van der Waals surface area (Å²) in [6.45, 7) is 3.89. The van der Waals surface area contributed by atoms with Crippen LogP contribution < -0.4 is 10.1 Å². The van der Waals surface area contributed by atoms with Crippen molar-refractivity contribution in [3.05, 3.63) is 40.8 Å². The summed E-state index contributed by atoms with van der Waals surface area (Å²) in [5, 5.41) is 5.01. The third kappa shape index (κ3) is 3.07. The van der Waals surface area contributed by atoms with E-state index in [4.69, 9.17) is 4.74 Å². The Balaban J connectivity index is 2.16. The Labute approximate surface area is 110 Å². The Bertz CT molecular complexity index is 524. The molecule has 0 radical (unpaired) electrons. The molecule has 0 aliphatic rings. The van der Waals surface area contributed by atoms with Gasteiger partial charge in [0.1, 0.15) is 5.75 Å². The van der Waals surface area contributed by atoms with Crippen LogP contribution in [0.15, 0.2) is 35.8 Å². The number of para-hydroxylation sites is 2. The van der Waals surface area contributed by atoms with Gasteiger partial charge in [0, 0.05) is 11.6 Å². The van der Waals surface area contributed by atoms with Crippen LogP contribution in [-0.2, 0) is 0 Å². The molecule has 0 fully saturated rings. The molecule has 1 N–H and O–H groups in total. The maximum absolute atomic E-state index is 11.9. The third-order valence-electron chi connectivity index (χ3n) is 2.12. The molecule has 1 amide bonds. The van der Waals surface area contributed by atoms with Gasteiger partial charge in [-0.1, -0.05) is 12.1 Å². The molecule has 18 heavy (non-hydrogen) atoms. The standard InChI is InChI=1S/C13H14N2O2S/c1-9(2)17-11-6-4-3-5-10(11)15-12(16)13-14-7-8-18-13/h3-9H,1-2H3,(H,15,16). The van der Waals surface area contributed by atoms with Crippen molar-refractivity contribution in [1.82, 2.24) is 4.98 Å². The molecule has 2 aromatic rings. The number of nitrogens with zero attached hydrogens (tertiary/aromatic N) is 1. The van der Waals surface area contributed by atoms with E-state index in [-0.39, 0.29) is 12.0 Å². The van der Waals surface area contributed by atoms with Crippen LogP contribution in [0.2, 0.25) is 0 Å². The highest BCUT2D eigenvalue weighted by Crippen LogP contribution is 2.25. The maximum atomic E-state index is 11.9. The predicted octanol–water partition coefficient (Wildman–Crippen LogP) is 3.18. The van der Waals surface area contributed by atoms with Gasteiger partial charge < -0.3 is 10.1 Å². The molecule has 0 aliphatic heterocycles. The van der Waals surface area contributed by atoms with E-state index in [1.54, 1.807) is 11.6 Å². The summed E-state index contributed by atoms with van der Waals surface area (Å²) in [7, 11) is 0. The van der Waals surface area contributed by atoms with Gasteiger partial charge in [-0.15, -0.1) is 11.3 Å². The van der Waals surface area contributed by atoms with E-state index in [2.05, 4.69) is 10.3 Å². The Kier molecular flexibility index (Phi) is 3.94. The lowest BCUT2D eigenvalue weighted by molar-refractivity contribution is 0.102. The van der Waals surface area contributed by atoms with Gasteiger partial charge in [0.15, 0.2) is 5.01 Å². The average Bonchev–Trinajstić information content (AvgIpc) is 2.84. The number of ether oxygens (including phenoxy) is 1. The lowest BCUT2D eigenvalue weighted by Crippen LogP contribution is -2.14. The maximum Gasteiger partial charge on any atom is 0.284 e. The second-order valence-corrected chi connectivity index (χ2v) is 4.85. The minimum atomic E-state index is -0.218. The van der Waals surface area contributed by atoms with Gasteiger partial charge in [0.25, 0.3) is 5.91 Å². The SMILES string of the molecule is CC(C)Oc1ccccc1NC(=O)c1nccs1. The van der Waals surface area contributed by atoms with Crippen LogP contribution in [0, 0.1) is 0 Å². The summed E-state index contributed by atoms with van der Waals surface area (Å²) in [5.74, 6) is 0.446. The predicted molar refractivity (Wildman–Crippen MR) is 72.3 cm³/mol. The molecule has 4 nitrogen and oxygen atoms in total. The van der Waals surface area contributed by atoms with E-state index in [0.717, 1.165) is 0 Å². The fourth-order valence-corrected chi connectivity index (χ4v) is 1.97. The van der Waals surface area contributed by atoms with Crippen molar-refractivity contribution in [2.24, 2.45) is 0 Å². The molecule has 5 heteroatoms. The number of anilines is 1. The zero-order valence-electron chi connectivity index (χ0n) is 10.2. The van der Waals surface area contributed by atoms with Gasteiger partial charge >= 0.3 is 0 Å². The van der Waals surface area contributed by atoms with E-state index in [1.165, 1.54) is 11.3 Å². The first-order valence-electron chi connectivity index (χ1n) is 5.63. The normalized spacial score (nSPS) is 10.4. The number of nitrogens with one attached hydrogen (secondary N) is 1. The number of carbonyl (C=O) groups excluding carboxylic acids is 1. The summed E-state index contributed by atoms with van der Waals surface area (Å²) in [5.41, 5.74) is 0.659. The van der Waals surface area contributed by atoms with Gasteiger partial charge in [-0.3, -0.25) is 4.79 Å². The van der Waals surface area contributed by atoms with Crippen LogP contribution >= 0.6 is 11.3 Å². The van der Waals surface area contributed by atoms with Crippen molar-refractivity contribution >= 4 is 22.9 Å². The first-order valence-corrected chi connectivity index (χ1v) is 6.51. The minimum Gasteiger partial charge on any atom is -0.489 e. The highest BCUT2D eigenvalue weighted by molar-refractivity contribution is 7.11. The molecule has 0 saturated carbocycles. The number of hydrogen-bond acceptors (Lipinski definition) is 4. The highest BCUT2D eigenvalue weighted by Gasteiger charge is 2.12. The average molecular weight is 262 g/mol. The molecule has 0 bridgehead atoms. The number of amides is 1. The van der Waals surface area contributed by atoms with Crippen LogP contribution in [0.25, 0.3) is 0 Å². The summed E-state index contributed by atoms with van der Waals surface area (Å²) < 4.78 is 5.63. The molecule has 1 heterocycles. The molecular formula is C13H14N2O2S. The molecule has 94 valence electrons. The van der Waals surface area contributed by atoms with Crippen molar-refractivity contribution in [2.75, 3.05) is 5.32 Å². The van der Waals surface area contributed by atoms with Crippen LogP contribution in [0.5, 0.6) is 5.75 Å². The Morgan fingerprint density at radius 2 is 2.17 bits per heavy atom. The van der Waals surface area contributed by atoms with Crippen molar-refractivity contribution in [3.8, 4) is 5.75 Å². The zero-order valence-corrected chi connectivity index (χ0v) is 11.0. The topological polar surface area (TPSA) is 51.2 Å². The third-order valence-corrected chi connectivity index (χ3v) is 2.90. The van der Waals surface area contributed by atoms with Gasteiger partial charge in [-0.05, 0) is 26.0 Å². The zero-order chi connectivity index (χ0) is 13.0.